The van der Waals surface area contributed by atoms with Crippen LogP contribution >= 0.6 is 0 Å². The molecule has 61 heavy (non-hydrogen) atoms. The van der Waals surface area contributed by atoms with Crippen LogP contribution in [0.3, 0.4) is 0 Å². The quantitative estimate of drug-likeness (QED) is 0.158. The number of para-hydroxylation sites is 2. The van der Waals surface area contributed by atoms with Crippen LogP contribution in [0.2, 0.25) is 0 Å². The molecule has 0 radical (unpaired) electrons. The Hall–Kier alpha value is -7.68. The van der Waals surface area contributed by atoms with Crippen molar-refractivity contribution in [1.29, 1.82) is 0 Å². The summed E-state index contributed by atoms with van der Waals surface area (Å²) in [6.45, 7) is 17.6. The van der Waals surface area contributed by atoms with Gasteiger partial charge < -0.3 is 8.97 Å². The predicted octanol–water partition coefficient (Wildman–Crippen LogP) is 15.2. The van der Waals surface area contributed by atoms with Crippen molar-refractivity contribution < 1.29 is 0 Å². The highest BCUT2D eigenvalue weighted by Crippen LogP contribution is 2.53. The second-order valence-electron chi connectivity index (χ2n) is 17.4. The van der Waals surface area contributed by atoms with Crippen molar-refractivity contribution in [1.82, 2.24) is 8.97 Å². The van der Waals surface area contributed by atoms with Crippen molar-refractivity contribution in [3.8, 4) is 27.9 Å². The van der Waals surface area contributed by atoms with Crippen LogP contribution in [-0.2, 0) is 5.41 Å². The van der Waals surface area contributed by atoms with E-state index in [1.54, 1.807) is 0 Å². The molecule has 0 saturated heterocycles. The van der Waals surface area contributed by atoms with E-state index in [4.69, 9.17) is 0 Å². The zero-order valence-electron chi connectivity index (χ0n) is 34.2. The highest BCUT2D eigenvalue weighted by molar-refractivity contribution is 6.26. The van der Waals surface area contributed by atoms with Gasteiger partial charge in [-0.15, -0.1) is 0 Å². The summed E-state index contributed by atoms with van der Waals surface area (Å²) in [5, 5.41) is 14.7. The molecule has 0 atom stereocenters. The Morgan fingerprint density at radius 3 is 1.85 bits per heavy atom. The van der Waals surface area contributed by atoms with E-state index < -0.39 is 0 Å². The molecule has 3 aromatic heterocycles. The molecular weight excluding hydrogens is 737 g/mol. The molecule has 13 rings (SSSR count). The molecule has 2 heteroatoms. The Labute approximate surface area is 353 Å². The van der Waals surface area contributed by atoms with Crippen molar-refractivity contribution in [3.63, 3.8) is 0 Å². The number of rotatable bonds is 4. The third kappa shape index (κ3) is 4.31. The van der Waals surface area contributed by atoms with Gasteiger partial charge in [0, 0.05) is 48.9 Å². The summed E-state index contributed by atoms with van der Waals surface area (Å²) in [6, 6.07) is 59.1. The molecule has 2 nitrogen and oxygen atoms in total. The van der Waals surface area contributed by atoms with E-state index in [2.05, 4.69) is 200 Å². The maximum absolute atomic E-state index is 4.54. The van der Waals surface area contributed by atoms with Gasteiger partial charge in [-0.2, -0.15) is 0 Å². The van der Waals surface area contributed by atoms with Crippen LogP contribution in [0, 0.1) is 0 Å². The number of fused-ring (bicyclic) bond motifs is 16. The van der Waals surface area contributed by atoms with Gasteiger partial charge in [0.05, 0.1) is 22.1 Å². The summed E-state index contributed by atoms with van der Waals surface area (Å²) in [5.41, 5.74) is 15.9. The van der Waals surface area contributed by atoms with Gasteiger partial charge in [-0.3, -0.25) is 0 Å². The molecule has 1 aliphatic rings. The molecule has 3 heterocycles. The molecule has 286 valence electrons. The summed E-state index contributed by atoms with van der Waals surface area (Å²) in [4.78, 5) is 0. The van der Waals surface area contributed by atoms with E-state index >= 15 is 0 Å². The first-order valence-electron chi connectivity index (χ1n) is 21.2. The number of pyridine rings is 1. The molecule has 1 aliphatic carbocycles. The lowest BCUT2D eigenvalue weighted by Crippen LogP contribution is -2.16. The van der Waals surface area contributed by atoms with Crippen LogP contribution in [0.4, 0.5) is 0 Å². The SMILES string of the molecule is C=Cc1c(C=C)c2cccc3c4cc(-c5ccc6c7ccc(-n8c9ccccc9c9c%10c(ccc98)-c8ccccc8C%10(C)C)cc7c7ccccc7c6c5)ccc4n(c1=C)c23. The Morgan fingerprint density at radius 1 is 0.459 bits per heavy atom. The lowest BCUT2D eigenvalue weighted by atomic mass is 9.80. The first-order chi connectivity index (χ1) is 29.9. The Morgan fingerprint density at radius 2 is 1.07 bits per heavy atom. The van der Waals surface area contributed by atoms with Gasteiger partial charge in [-0.1, -0.05) is 161 Å². The number of nitrogens with zero attached hydrogens (tertiary/aromatic N) is 2. The smallest absolute Gasteiger partial charge is 0.0619 e. The van der Waals surface area contributed by atoms with Crippen LogP contribution in [0.25, 0.3) is 128 Å². The predicted molar refractivity (Wildman–Crippen MR) is 263 cm³/mol. The normalized spacial score (nSPS) is 13.4. The number of aromatic nitrogens is 2. The zero-order valence-corrected chi connectivity index (χ0v) is 34.2. The highest BCUT2D eigenvalue weighted by Gasteiger charge is 2.38. The topological polar surface area (TPSA) is 9.34 Å². The summed E-state index contributed by atoms with van der Waals surface area (Å²) in [6.07, 6.45) is 3.84. The summed E-state index contributed by atoms with van der Waals surface area (Å²) in [7, 11) is 0. The van der Waals surface area contributed by atoms with Gasteiger partial charge in [0.15, 0.2) is 0 Å². The van der Waals surface area contributed by atoms with Gasteiger partial charge in [0.2, 0.25) is 0 Å². The van der Waals surface area contributed by atoms with Gasteiger partial charge in [-0.05, 0) is 114 Å². The molecule has 0 N–H and O–H groups in total. The minimum Gasteiger partial charge on any atom is -0.309 e. The van der Waals surface area contributed by atoms with Crippen LogP contribution in [0.15, 0.2) is 171 Å². The van der Waals surface area contributed by atoms with Gasteiger partial charge in [0.25, 0.3) is 0 Å². The largest absolute Gasteiger partial charge is 0.309 e. The van der Waals surface area contributed by atoms with Crippen molar-refractivity contribution in [2.75, 3.05) is 0 Å². The summed E-state index contributed by atoms with van der Waals surface area (Å²) in [5.74, 6) is 0. The number of hydrogen-bond acceptors (Lipinski definition) is 0. The summed E-state index contributed by atoms with van der Waals surface area (Å²) >= 11 is 0. The highest BCUT2D eigenvalue weighted by atomic mass is 15.0. The maximum atomic E-state index is 4.54. The van der Waals surface area contributed by atoms with Gasteiger partial charge in [-0.25, -0.2) is 0 Å². The molecule has 12 aromatic rings. The molecular formula is C59H40N2. The van der Waals surface area contributed by atoms with E-state index in [1.165, 1.54) is 109 Å². The lowest BCUT2D eigenvalue weighted by molar-refractivity contribution is 0.666. The van der Waals surface area contributed by atoms with Crippen molar-refractivity contribution in [3.05, 3.63) is 198 Å². The average molecular weight is 777 g/mol. The molecule has 9 aromatic carbocycles. The first-order valence-corrected chi connectivity index (χ1v) is 21.2. The van der Waals surface area contributed by atoms with E-state index in [9.17, 15) is 0 Å². The van der Waals surface area contributed by atoms with E-state index in [0.29, 0.717) is 0 Å². The van der Waals surface area contributed by atoms with Crippen LogP contribution in [-0.4, -0.2) is 8.97 Å². The Bertz CT molecular complexity index is 4000. The zero-order chi connectivity index (χ0) is 40.9. The number of benzene rings is 9. The minimum atomic E-state index is -0.114. The molecule has 0 spiro atoms. The second-order valence-corrected chi connectivity index (χ2v) is 17.4. The van der Waals surface area contributed by atoms with Crippen LogP contribution < -0.4 is 5.35 Å². The fourth-order valence-electron chi connectivity index (χ4n) is 11.5. The van der Waals surface area contributed by atoms with E-state index in [-0.39, 0.29) is 5.41 Å². The Kier molecular flexibility index (Phi) is 6.71. The van der Waals surface area contributed by atoms with E-state index in [1.807, 2.05) is 12.2 Å². The van der Waals surface area contributed by atoms with Gasteiger partial charge >= 0.3 is 0 Å². The average Bonchev–Trinajstić information content (AvgIpc) is 3.90. The summed E-state index contributed by atoms with van der Waals surface area (Å²) < 4.78 is 4.79. The first kappa shape index (κ1) is 34.2. The third-order valence-electron chi connectivity index (χ3n) is 14.1. The molecule has 0 unspecified atom stereocenters. The minimum absolute atomic E-state index is 0.114. The standard InChI is InChI=1S/C59H40N2/c1-6-38-34(3)60-54-29-24-36(32-51(54)47-20-14-19-46(58(47)60)39(38)7-2)35-23-26-42-43-27-25-37(33-50(43)41-16-9-8-15-40(41)49(42)31-35)61-53-22-13-11-18-48(53)56-55(61)30-28-45-44-17-10-12-21-52(44)59(4,5)57(45)56/h6-33H,1-3H2,4-5H3. The molecule has 0 aliphatic heterocycles. The fraction of sp³-hybridized carbons (Fsp3) is 0.0508. The van der Waals surface area contributed by atoms with E-state index in [0.717, 1.165) is 27.4 Å². The van der Waals surface area contributed by atoms with Gasteiger partial charge in [0.1, 0.15) is 0 Å². The Balaban J connectivity index is 1.01. The molecule has 0 amide bonds. The molecule has 0 bridgehead atoms. The van der Waals surface area contributed by atoms with Crippen molar-refractivity contribution in [2.24, 2.45) is 0 Å². The lowest BCUT2D eigenvalue weighted by Gasteiger charge is -2.22. The monoisotopic (exact) mass is 776 g/mol. The van der Waals surface area contributed by atoms with Crippen molar-refractivity contribution in [2.45, 2.75) is 19.3 Å². The second kappa shape index (κ2) is 12.0. The molecule has 0 fully saturated rings. The molecule has 0 saturated carbocycles. The third-order valence-corrected chi connectivity index (χ3v) is 14.1. The van der Waals surface area contributed by atoms with Crippen LogP contribution in [0.1, 0.15) is 36.1 Å². The van der Waals surface area contributed by atoms with Crippen LogP contribution in [0.5, 0.6) is 0 Å². The maximum Gasteiger partial charge on any atom is 0.0619 e. The van der Waals surface area contributed by atoms with Crippen molar-refractivity contribution >= 4 is 100 Å². The number of hydrogen-bond donors (Lipinski definition) is 0. The fourth-order valence-corrected chi connectivity index (χ4v) is 11.5.